The molecule has 0 unspecified atom stereocenters. The molecule has 3 heteroatoms. The van der Waals surface area contributed by atoms with Crippen LogP contribution in [0.4, 0.5) is 4.39 Å². The van der Waals surface area contributed by atoms with Crippen molar-refractivity contribution in [3.63, 3.8) is 0 Å². The van der Waals surface area contributed by atoms with Gasteiger partial charge in [0.1, 0.15) is 5.82 Å². The normalized spacial score (nSPS) is 15.6. The average Bonchev–Trinajstić information content (AvgIpc) is 2.38. The Labute approximate surface area is 107 Å². The predicted molar refractivity (Wildman–Crippen MR) is 71.0 cm³/mol. The molecule has 2 nitrogen and oxygen atoms in total. The standard InChI is InChI=1S/C15H18FNO/c1-3-12-9-11(2)14(13(16)10-12)15(18)17-7-5-4-6-8-17/h3,9-10H,1,4-8H2,2H3. The van der Waals surface area contributed by atoms with Gasteiger partial charge in [0, 0.05) is 13.1 Å². The molecule has 0 aromatic heterocycles. The minimum Gasteiger partial charge on any atom is -0.339 e. The summed E-state index contributed by atoms with van der Waals surface area (Å²) in [5.74, 6) is -0.624. The number of benzene rings is 1. The number of nitrogens with zero attached hydrogens (tertiary/aromatic N) is 1. The Balaban J connectivity index is 2.32. The number of hydrogen-bond donors (Lipinski definition) is 0. The summed E-state index contributed by atoms with van der Waals surface area (Å²) in [6, 6.07) is 3.17. The van der Waals surface area contributed by atoms with E-state index in [2.05, 4.69) is 6.58 Å². The van der Waals surface area contributed by atoms with E-state index < -0.39 is 5.82 Å². The molecule has 18 heavy (non-hydrogen) atoms. The highest BCUT2D eigenvalue weighted by atomic mass is 19.1. The quantitative estimate of drug-likeness (QED) is 0.784. The molecule has 1 amide bonds. The van der Waals surface area contributed by atoms with Gasteiger partial charge in [0.05, 0.1) is 5.56 Å². The van der Waals surface area contributed by atoms with Crippen molar-refractivity contribution in [3.05, 3.63) is 41.2 Å². The lowest BCUT2D eigenvalue weighted by Crippen LogP contribution is -2.36. The van der Waals surface area contributed by atoms with Gasteiger partial charge < -0.3 is 4.90 Å². The van der Waals surface area contributed by atoms with E-state index in [4.69, 9.17) is 0 Å². The maximum atomic E-state index is 14.0. The maximum absolute atomic E-state index is 14.0. The minimum absolute atomic E-state index is 0.180. The van der Waals surface area contributed by atoms with Crippen molar-refractivity contribution in [2.24, 2.45) is 0 Å². The van der Waals surface area contributed by atoms with Crippen LogP contribution < -0.4 is 0 Å². The molecule has 1 aliphatic rings. The van der Waals surface area contributed by atoms with Crippen molar-refractivity contribution in [2.75, 3.05) is 13.1 Å². The number of aryl methyl sites for hydroxylation is 1. The zero-order valence-corrected chi connectivity index (χ0v) is 10.7. The van der Waals surface area contributed by atoms with Gasteiger partial charge in [-0.3, -0.25) is 4.79 Å². The smallest absolute Gasteiger partial charge is 0.257 e. The molecule has 1 aliphatic heterocycles. The van der Waals surface area contributed by atoms with Gasteiger partial charge in [-0.15, -0.1) is 0 Å². The Morgan fingerprint density at radius 2 is 2.00 bits per heavy atom. The third kappa shape index (κ3) is 2.45. The number of rotatable bonds is 2. The summed E-state index contributed by atoms with van der Waals surface area (Å²) in [5.41, 5.74) is 1.60. The molecule has 1 aromatic rings. The first-order valence-corrected chi connectivity index (χ1v) is 6.35. The molecule has 1 heterocycles. The number of amides is 1. The van der Waals surface area contributed by atoms with Gasteiger partial charge in [0.25, 0.3) is 5.91 Å². The minimum atomic E-state index is -0.444. The average molecular weight is 247 g/mol. The molecule has 0 spiro atoms. The fraction of sp³-hybridized carbons (Fsp3) is 0.400. The van der Waals surface area contributed by atoms with Crippen LogP contribution in [0.25, 0.3) is 6.08 Å². The van der Waals surface area contributed by atoms with Gasteiger partial charge in [-0.25, -0.2) is 4.39 Å². The topological polar surface area (TPSA) is 20.3 Å². The Kier molecular flexibility index (Phi) is 3.80. The zero-order valence-electron chi connectivity index (χ0n) is 10.7. The Morgan fingerprint density at radius 3 is 2.56 bits per heavy atom. The van der Waals surface area contributed by atoms with Crippen molar-refractivity contribution >= 4 is 12.0 Å². The lowest BCUT2D eigenvalue weighted by molar-refractivity contribution is 0.0719. The lowest BCUT2D eigenvalue weighted by Gasteiger charge is -2.27. The van der Waals surface area contributed by atoms with Gasteiger partial charge in [-0.2, -0.15) is 0 Å². The molecule has 1 saturated heterocycles. The summed E-state index contributed by atoms with van der Waals surface area (Å²) in [7, 11) is 0. The molecular weight excluding hydrogens is 229 g/mol. The van der Waals surface area contributed by atoms with E-state index in [1.54, 1.807) is 24.0 Å². The van der Waals surface area contributed by atoms with Crippen LogP contribution in [0.5, 0.6) is 0 Å². The van der Waals surface area contributed by atoms with E-state index in [-0.39, 0.29) is 11.5 Å². The second-order valence-corrected chi connectivity index (χ2v) is 4.75. The first-order valence-electron chi connectivity index (χ1n) is 6.35. The second kappa shape index (κ2) is 5.34. The van der Waals surface area contributed by atoms with E-state index in [1.807, 2.05) is 0 Å². The highest BCUT2D eigenvalue weighted by molar-refractivity contribution is 5.96. The highest BCUT2D eigenvalue weighted by Crippen LogP contribution is 2.20. The third-order valence-corrected chi connectivity index (χ3v) is 3.40. The lowest BCUT2D eigenvalue weighted by atomic mass is 10.0. The van der Waals surface area contributed by atoms with E-state index in [0.717, 1.165) is 32.4 Å². The van der Waals surface area contributed by atoms with Crippen LogP contribution in [-0.2, 0) is 0 Å². The van der Waals surface area contributed by atoms with Gasteiger partial charge >= 0.3 is 0 Å². The van der Waals surface area contributed by atoms with Crippen LogP contribution in [-0.4, -0.2) is 23.9 Å². The van der Waals surface area contributed by atoms with Crippen LogP contribution in [0.15, 0.2) is 18.7 Å². The Hall–Kier alpha value is -1.64. The number of carbonyl (C=O) groups is 1. The molecular formula is C15H18FNO. The Bertz CT molecular complexity index is 452. The van der Waals surface area contributed by atoms with E-state index in [1.165, 1.54) is 6.07 Å². The van der Waals surface area contributed by atoms with Crippen LogP contribution in [0.1, 0.15) is 40.7 Å². The van der Waals surface area contributed by atoms with E-state index >= 15 is 0 Å². The summed E-state index contributed by atoms with van der Waals surface area (Å²) >= 11 is 0. The predicted octanol–water partition coefficient (Wildman–Crippen LogP) is 3.40. The van der Waals surface area contributed by atoms with Crippen molar-refractivity contribution in [2.45, 2.75) is 26.2 Å². The first-order chi connectivity index (χ1) is 8.63. The van der Waals surface area contributed by atoms with Crippen molar-refractivity contribution in [3.8, 4) is 0 Å². The van der Waals surface area contributed by atoms with E-state index in [9.17, 15) is 9.18 Å². The summed E-state index contributed by atoms with van der Waals surface area (Å²) in [4.78, 5) is 14.1. The first kappa shape index (κ1) is 12.8. The molecule has 0 N–H and O–H groups in total. The van der Waals surface area contributed by atoms with E-state index in [0.29, 0.717) is 11.1 Å². The van der Waals surface area contributed by atoms with Crippen molar-refractivity contribution < 1.29 is 9.18 Å². The van der Waals surface area contributed by atoms with Crippen LogP contribution in [0.3, 0.4) is 0 Å². The van der Waals surface area contributed by atoms with Crippen molar-refractivity contribution in [1.82, 2.24) is 4.90 Å². The molecule has 1 fully saturated rings. The van der Waals surface area contributed by atoms with Gasteiger partial charge in [0.2, 0.25) is 0 Å². The van der Waals surface area contributed by atoms with Gasteiger partial charge in [-0.05, 0) is 43.4 Å². The summed E-state index contributed by atoms with van der Waals surface area (Å²) in [6.07, 6.45) is 4.76. The second-order valence-electron chi connectivity index (χ2n) is 4.75. The number of hydrogen-bond acceptors (Lipinski definition) is 1. The Morgan fingerprint density at radius 1 is 1.33 bits per heavy atom. The fourth-order valence-electron chi connectivity index (χ4n) is 2.41. The summed E-state index contributed by atoms with van der Waals surface area (Å²) in [5, 5.41) is 0. The number of likely N-dealkylation sites (tertiary alicyclic amines) is 1. The van der Waals surface area contributed by atoms with Crippen LogP contribution >= 0.6 is 0 Å². The molecule has 0 bridgehead atoms. The molecule has 0 radical (unpaired) electrons. The third-order valence-electron chi connectivity index (χ3n) is 3.40. The van der Waals surface area contributed by atoms with Crippen LogP contribution in [0, 0.1) is 12.7 Å². The van der Waals surface area contributed by atoms with Crippen LogP contribution in [0.2, 0.25) is 0 Å². The summed E-state index contributed by atoms with van der Waals surface area (Å²) < 4.78 is 14.0. The molecule has 0 saturated carbocycles. The SMILES string of the molecule is C=Cc1cc(C)c(C(=O)N2CCCCC2)c(F)c1. The molecule has 0 atom stereocenters. The number of piperidine rings is 1. The zero-order chi connectivity index (χ0) is 13.1. The molecule has 1 aromatic carbocycles. The molecule has 2 rings (SSSR count). The highest BCUT2D eigenvalue weighted by Gasteiger charge is 2.22. The monoisotopic (exact) mass is 247 g/mol. The fourth-order valence-corrected chi connectivity index (χ4v) is 2.41. The summed E-state index contributed by atoms with van der Waals surface area (Å²) in [6.45, 7) is 6.86. The molecule has 0 aliphatic carbocycles. The number of carbonyl (C=O) groups excluding carboxylic acids is 1. The largest absolute Gasteiger partial charge is 0.339 e. The number of halogens is 1. The van der Waals surface area contributed by atoms with Gasteiger partial charge in [-0.1, -0.05) is 18.7 Å². The van der Waals surface area contributed by atoms with Gasteiger partial charge in [0.15, 0.2) is 0 Å². The maximum Gasteiger partial charge on any atom is 0.257 e. The van der Waals surface area contributed by atoms with Crippen molar-refractivity contribution in [1.29, 1.82) is 0 Å². The molecule has 96 valence electrons.